The lowest BCUT2D eigenvalue weighted by Gasteiger charge is -2.39. The number of aromatic nitrogens is 1. The van der Waals surface area contributed by atoms with E-state index >= 15 is 0 Å². The van der Waals surface area contributed by atoms with E-state index in [0.29, 0.717) is 16.6 Å². The molecule has 1 aliphatic carbocycles. The van der Waals surface area contributed by atoms with Gasteiger partial charge >= 0.3 is 0 Å². The van der Waals surface area contributed by atoms with Gasteiger partial charge in [0.05, 0.1) is 0 Å². The van der Waals surface area contributed by atoms with Gasteiger partial charge in [0.25, 0.3) is 5.91 Å². The Bertz CT molecular complexity index is 788. The fraction of sp³-hybridized carbons (Fsp3) is 0.400. The topological polar surface area (TPSA) is 54.5 Å². The highest BCUT2D eigenvalue weighted by atomic mass is 35.5. The number of benzene rings is 1. The SMILES string of the molecule is O=C(NCC1CC1)c1cccc(OC2CN(Cc3cccnc3Cl)C2)c1. The van der Waals surface area contributed by atoms with E-state index in [0.717, 1.165) is 37.5 Å². The Balaban J connectivity index is 1.27. The molecule has 0 spiro atoms. The monoisotopic (exact) mass is 371 g/mol. The van der Waals surface area contributed by atoms with E-state index in [1.165, 1.54) is 12.8 Å². The van der Waals surface area contributed by atoms with Crippen LogP contribution >= 0.6 is 11.6 Å². The summed E-state index contributed by atoms with van der Waals surface area (Å²) in [5.41, 5.74) is 1.68. The van der Waals surface area contributed by atoms with Gasteiger partial charge in [-0.3, -0.25) is 9.69 Å². The van der Waals surface area contributed by atoms with Crippen LogP contribution in [0, 0.1) is 5.92 Å². The molecule has 1 amide bonds. The van der Waals surface area contributed by atoms with Crippen LogP contribution in [0.5, 0.6) is 5.75 Å². The second kappa shape index (κ2) is 7.64. The molecule has 136 valence electrons. The zero-order valence-corrected chi connectivity index (χ0v) is 15.3. The van der Waals surface area contributed by atoms with E-state index in [9.17, 15) is 4.79 Å². The number of halogens is 1. The van der Waals surface area contributed by atoms with E-state index in [4.69, 9.17) is 16.3 Å². The molecule has 2 fully saturated rings. The highest BCUT2D eigenvalue weighted by molar-refractivity contribution is 6.30. The number of hydrogen-bond acceptors (Lipinski definition) is 4. The van der Waals surface area contributed by atoms with Crippen LogP contribution in [0.4, 0.5) is 0 Å². The summed E-state index contributed by atoms with van der Waals surface area (Å²) in [6.07, 6.45) is 4.29. The molecule has 1 aliphatic heterocycles. The van der Waals surface area contributed by atoms with Gasteiger partial charge in [-0.15, -0.1) is 0 Å². The van der Waals surface area contributed by atoms with Crippen molar-refractivity contribution in [2.45, 2.75) is 25.5 Å². The minimum absolute atomic E-state index is 0.0243. The molecular formula is C20H22ClN3O2. The first-order valence-corrected chi connectivity index (χ1v) is 9.42. The average molecular weight is 372 g/mol. The third kappa shape index (κ3) is 4.34. The van der Waals surface area contributed by atoms with E-state index in [1.54, 1.807) is 6.20 Å². The van der Waals surface area contributed by atoms with Gasteiger partial charge in [0.15, 0.2) is 0 Å². The standard InChI is InChI=1S/C20H22ClN3O2/c21-19-16(4-2-8-22-19)11-24-12-18(13-24)26-17-5-1-3-15(9-17)20(25)23-10-14-6-7-14/h1-5,8-9,14,18H,6-7,10-13H2,(H,23,25). The summed E-state index contributed by atoms with van der Waals surface area (Å²) in [5.74, 6) is 1.39. The van der Waals surface area contributed by atoms with Gasteiger partial charge in [-0.1, -0.05) is 23.7 Å². The van der Waals surface area contributed by atoms with Gasteiger partial charge in [0.2, 0.25) is 0 Å². The van der Waals surface area contributed by atoms with Crippen LogP contribution in [0.2, 0.25) is 5.15 Å². The first kappa shape index (κ1) is 17.3. The summed E-state index contributed by atoms with van der Waals surface area (Å²) in [6.45, 7) is 3.22. The van der Waals surface area contributed by atoms with Gasteiger partial charge < -0.3 is 10.1 Å². The summed E-state index contributed by atoms with van der Waals surface area (Å²) >= 11 is 6.10. The third-order valence-corrected chi connectivity index (χ3v) is 5.14. The zero-order chi connectivity index (χ0) is 17.9. The molecule has 0 unspecified atom stereocenters. The summed E-state index contributed by atoms with van der Waals surface area (Å²) < 4.78 is 6.01. The number of nitrogens with zero attached hydrogens (tertiary/aromatic N) is 2. The number of rotatable bonds is 7. The van der Waals surface area contributed by atoms with Crippen molar-refractivity contribution in [2.75, 3.05) is 19.6 Å². The van der Waals surface area contributed by atoms with Crippen molar-refractivity contribution >= 4 is 17.5 Å². The molecule has 26 heavy (non-hydrogen) atoms. The minimum atomic E-state index is -0.0243. The lowest BCUT2D eigenvalue weighted by atomic mass is 10.1. The van der Waals surface area contributed by atoms with Crippen molar-refractivity contribution in [3.05, 3.63) is 58.9 Å². The summed E-state index contributed by atoms with van der Waals surface area (Å²) in [5, 5.41) is 3.55. The Labute approximate surface area is 158 Å². The molecule has 1 N–H and O–H groups in total. The molecule has 1 aromatic heterocycles. The van der Waals surface area contributed by atoms with E-state index in [1.807, 2.05) is 36.4 Å². The Hall–Kier alpha value is -2.11. The number of carbonyl (C=O) groups is 1. The predicted octanol–water partition coefficient (Wildman–Crippen LogP) is 3.14. The Morgan fingerprint density at radius 2 is 2.12 bits per heavy atom. The lowest BCUT2D eigenvalue weighted by molar-refractivity contribution is 0.0145. The molecule has 1 aromatic carbocycles. The summed E-state index contributed by atoms with van der Waals surface area (Å²) in [4.78, 5) is 18.6. The van der Waals surface area contributed by atoms with Crippen LogP contribution in [-0.4, -0.2) is 41.5 Å². The van der Waals surface area contributed by atoms with Gasteiger partial charge in [-0.05, 0) is 43.0 Å². The van der Waals surface area contributed by atoms with Crippen LogP contribution < -0.4 is 10.1 Å². The van der Waals surface area contributed by atoms with Crippen molar-refractivity contribution in [2.24, 2.45) is 5.92 Å². The van der Waals surface area contributed by atoms with Crippen LogP contribution in [0.15, 0.2) is 42.6 Å². The van der Waals surface area contributed by atoms with Crippen LogP contribution in [-0.2, 0) is 6.54 Å². The fourth-order valence-electron chi connectivity index (χ4n) is 3.07. The van der Waals surface area contributed by atoms with Crippen molar-refractivity contribution < 1.29 is 9.53 Å². The molecule has 5 nitrogen and oxygen atoms in total. The smallest absolute Gasteiger partial charge is 0.251 e. The third-order valence-electron chi connectivity index (χ3n) is 4.80. The molecule has 0 atom stereocenters. The maximum absolute atomic E-state index is 12.2. The Morgan fingerprint density at radius 1 is 1.27 bits per heavy atom. The van der Waals surface area contributed by atoms with Crippen LogP contribution in [0.3, 0.4) is 0 Å². The van der Waals surface area contributed by atoms with Crippen molar-refractivity contribution in [3.8, 4) is 5.75 Å². The molecule has 2 heterocycles. The van der Waals surface area contributed by atoms with E-state index in [2.05, 4.69) is 15.2 Å². The van der Waals surface area contributed by atoms with Crippen LogP contribution in [0.25, 0.3) is 0 Å². The number of amides is 1. The second-order valence-corrected chi connectivity index (χ2v) is 7.43. The number of likely N-dealkylation sites (tertiary alicyclic amines) is 1. The lowest BCUT2D eigenvalue weighted by Crippen LogP contribution is -2.53. The molecule has 6 heteroatoms. The highest BCUT2D eigenvalue weighted by Crippen LogP contribution is 2.28. The van der Waals surface area contributed by atoms with Crippen LogP contribution in [0.1, 0.15) is 28.8 Å². The average Bonchev–Trinajstić information content (AvgIpc) is 3.44. The number of carbonyl (C=O) groups excluding carboxylic acids is 1. The predicted molar refractivity (Wildman–Crippen MR) is 100 cm³/mol. The van der Waals surface area contributed by atoms with Gasteiger partial charge in [-0.25, -0.2) is 4.98 Å². The molecule has 1 saturated heterocycles. The Morgan fingerprint density at radius 3 is 2.88 bits per heavy atom. The summed E-state index contributed by atoms with van der Waals surface area (Å²) in [6, 6.07) is 11.3. The molecule has 2 aromatic rings. The van der Waals surface area contributed by atoms with Gasteiger partial charge in [0, 0.05) is 43.5 Å². The molecule has 1 saturated carbocycles. The maximum atomic E-state index is 12.2. The van der Waals surface area contributed by atoms with E-state index < -0.39 is 0 Å². The van der Waals surface area contributed by atoms with Crippen molar-refractivity contribution in [1.29, 1.82) is 0 Å². The minimum Gasteiger partial charge on any atom is -0.488 e. The normalized spacial score (nSPS) is 17.6. The van der Waals surface area contributed by atoms with E-state index in [-0.39, 0.29) is 12.0 Å². The quantitative estimate of drug-likeness (QED) is 0.760. The van der Waals surface area contributed by atoms with Gasteiger partial charge in [0.1, 0.15) is 17.0 Å². The first-order chi connectivity index (χ1) is 12.7. The maximum Gasteiger partial charge on any atom is 0.251 e. The molecule has 4 rings (SSSR count). The van der Waals surface area contributed by atoms with Crippen molar-refractivity contribution in [1.82, 2.24) is 15.2 Å². The van der Waals surface area contributed by atoms with Crippen molar-refractivity contribution in [3.63, 3.8) is 0 Å². The number of pyridine rings is 1. The largest absolute Gasteiger partial charge is 0.488 e. The van der Waals surface area contributed by atoms with Gasteiger partial charge in [-0.2, -0.15) is 0 Å². The first-order valence-electron chi connectivity index (χ1n) is 9.04. The molecular weight excluding hydrogens is 350 g/mol. The highest BCUT2D eigenvalue weighted by Gasteiger charge is 2.29. The number of ether oxygens (including phenoxy) is 1. The zero-order valence-electron chi connectivity index (χ0n) is 14.5. The Kier molecular flexibility index (Phi) is 5.09. The molecule has 2 aliphatic rings. The summed E-state index contributed by atoms with van der Waals surface area (Å²) in [7, 11) is 0. The molecule has 0 bridgehead atoms. The number of hydrogen-bond donors (Lipinski definition) is 1. The fourth-order valence-corrected chi connectivity index (χ4v) is 3.25. The molecule has 0 radical (unpaired) electrons. The number of nitrogens with one attached hydrogen (secondary N) is 1. The second-order valence-electron chi connectivity index (χ2n) is 7.07.